The van der Waals surface area contributed by atoms with Crippen molar-refractivity contribution in [2.75, 3.05) is 7.05 Å². The van der Waals surface area contributed by atoms with Crippen molar-refractivity contribution >= 4 is 5.91 Å². The number of hydrogen-bond donors (Lipinski definition) is 0. The van der Waals surface area contributed by atoms with Gasteiger partial charge in [-0.05, 0) is 36.8 Å². The monoisotopic (exact) mass is 293 g/mol. The predicted molar refractivity (Wildman–Crippen MR) is 73.3 cm³/mol. The van der Waals surface area contributed by atoms with Gasteiger partial charge in [-0.25, -0.2) is 13.2 Å². The van der Waals surface area contributed by atoms with Gasteiger partial charge in [0, 0.05) is 30.8 Å². The predicted octanol–water partition coefficient (Wildman–Crippen LogP) is 3.68. The number of halogens is 3. The van der Waals surface area contributed by atoms with Crippen molar-refractivity contribution in [3.05, 3.63) is 70.5 Å². The highest BCUT2D eigenvalue weighted by Crippen LogP contribution is 2.16. The molecule has 1 amide bonds. The number of aryl methyl sites for hydroxylation is 1. The molecule has 0 aliphatic rings. The number of carbonyl (C=O) groups excluding carboxylic acids is 1. The van der Waals surface area contributed by atoms with Gasteiger partial charge >= 0.3 is 0 Å². The van der Waals surface area contributed by atoms with E-state index >= 15 is 0 Å². The minimum atomic E-state index is -0.703. The molecule has 21 heavy (non-hydrogen) atoms. The van der Waals surface area contributed by atoms with E-state index in [-0.39, 0.29) is 18.0 Å². The Labute approximate surface area is 120 Å². The second-order valence-corrected chi connectivity index (χ2v) is 4.86. The quantitative estimate of drug-likeness (QED) is 0.845. The number of nitrogens with zero attached hydrogens (tertiary/aromatic N) is 1. The number of benzene rings is 2. The summed E-state index contributed by atoms with van der Waals surface area (Å²) in [6.45, 7) is 1.63. The van der Waals surface area contributed by atoms with Gasteiger partial charge in [0.15, 0.2) is 0 Å². The van der Waals surface area contributed by atoms with Crippen molar-refractivity contribution in [2.24, 2.45) is 0 Å². The third kappa shape index (κ3) is 3.42. The highest BCUT2D eigenvalue weighted by molar-refractivity contribution is 5.95. The van der Waals surface area contributed by atoms with Crippen molar-refractivity contribution in [1.82, 2.24) is 4.90 Å². The maximum absolute atomic E-state index is 13.6. The maximum atomic E-state index is 13.6. The van der Waals surface area contributed by atoms with E-state index < -0.39 is 17.5 Å². The van der Waals surface area contributed by atoms with Gasteiger partial charge in [-0.2, -0.15) is 0 Å². The first-order valence-corrected chi connectivity index (χ1v) is 6.34. The van der Waals surface area contributed by atoms with E-state index in [4.69, 9.17) is 0 Å². The van der Waals surface area contributed by atoms with Crippen LogP contribution in [0.25, 0.3) is 0 Å². The first-order chi connectivity index (χ1) is 9.88. The molecule has 5 heteroatoms. The lowest BCUT2D eigenvalue weighted by atomic mass is 10.1. The van der Waals surface area contributed by atoms with E-state index in [0.717, 1.165) is 12.1 Å². The molecule has 0 aliphatic heterocycles. The van der Waals surface area contributed by atoms with Gasteiger partial charge in [-0.1, -0.05) is 6.07 Å². The van der Waals surface area contributed by atoms with Crippen LogP contribution in [0.2, 0.25) is 0 Å². The van der Waals surface area contributed by atoms with Crippen LogP contribution in [0.4, 0.5) is 13.2 Å². The lowest BCUT2D eigenvalue weighted by Gasteiger charge is -2.19. The number of carbonyl (C=O) groups is 1. The van der Waals surface area contributed by atoms with Crippen LogP contribution < -0.4 is 0 Å². The zero-order valence-corrected chi connectivity index (χ0v) is 11.7. The van der Waals surface area contributed by atoms with Crippen LogP contribution >= 0.6 is 0 Å². The van der Waals surface area contributed by atoms with E-state index in [1.54, 1.807) is 6.92 Å². The van der Waals surface area contributed by atoms with Crippen LogP contribution in [0.5, 0.6) is 0 Å². The van der Waals surface area contributed by atoms with Gasteiger partial charge in [0.05, 0.1) is 0 Å². The lowest BCUT2D eigenvalue weighted by Crippen LogP contribution is -2.27. The fourth-order valence-electron chi connectivity index (χ4n) is 2.05. The second-order valence-electron chi connectivity index (χ2n) is 4.86. The van der Waals surface area contributed by atoms with Crippen LogP contribution in [0.1, 0.15) is 21.5 Å². The number of amides is 1. The summed E-state index contributed by atoms with van der Waals surface area (Å²) in [4.78, 5) is 13.6. The SMILES string of the molecule is Cc1cc(F)ccc1C(=O)N(C)Cc1ccc(F)cc1F. The van der Waals surface area contributed by atoms with E-state index in [9.17, 15) is 18.0 Å². The third-order valence-electron chi connectivity index (χ3n) is 3.19. The van der Waals surface area contributed by atoms with E-state index in [1.807, 2.05) is 0 Å². The zero-order chi connectivity index (χ0) is 15.6. The molecule has 0 heterocycles. The van der Waals surface area contributed by atoms with Crippen LogP contribution in [-0.2, 0) is 6.54 Å². The molecule has 2 nitrogen and oxygen atoms in total. The summed E-state index contributed by atoms with van der Waals surface area (Å²) < 4.78 is 39.5. The smallest absolute Gasteiger partial charge is 0.254 e. The molecule has 0 fully saturated rings. The molecule has 0 aromatic heterocycles. The fourth-order valence-corrected chi connectivity index (χ4v) is 2.05. The largest absolute Gasteiger partial charge is 0.337 e. The Balaban J connectivity index is 2.19. The van der Waals surface area contributed by atoms with Crippen molar-refractivity contribution < 1.29 is 18.0 Å². The minimum absolute atomic E-state index is 0.00175. The fraction of sp³-hybridized carbons (Fsp3) is 0.188. The zero-order valence-electron chi connectivity index (χ0n) is 11.7. The summed E-state index contributed by atoms with van der Waals surface area (Å²) in [5.41, 5.74) is 1.07. The first kappa shape index (κ1) is 15.1. The summed E-state index contributed by atoms with van der Waals surface area (Å²) in [5.74, 6) is -2.14. The molecule has 110 valence electrons. The Morgan fingerprint density at radius 3 is 2.29 bits per heavy atom. The molecule has 0 radical (unpaired) electrons. The maximum Gasteiger partial charge on any atom is 0.254 e. The molecular weight excluding hydrogens is 279 g/mol. The van der Waals surface area contributed by atoms with Gasteiger partial charge < -0.3 is 4.90 Å². The Hall–Kier alpha value is -2.30. The summed E-state index contributed by atoms with van der Waals surface area (Å²) in [6.07, 6.45) is 0. The third-order valence-corrected chi connectivity index (χ3v) is 3.19. The van der Waals surface area contributed by atoms with Crippen molar-refractivity contribution in [2.45, 2.75) is 13.5 Å². The summed E-state index contributed by atoms with van der Waals surface area (Å²) in [6, 6.07) is 7.07. The van der Waals surface area contributed by atoms with E-state index in [1.165, 1.54) is 36.2 Å². The Morgan fingerprint density at radius 2 is 1.67 bits per heavy atom. The molecule has 0 saturated heterocycles. The average molecular weight is 293 g/mol. The van der Waals surface area contributed by atoms with Gasteiger partial charge in [-0.3, -0.25) is 4.79 Å². The van der Waals surface area contributed by atoms with Crippen molar-refractivity contribution in [3.63, 3.8) is 0 Å². The molecule has 0 saturated carbocycles. The second kappa shape index (κ2) is 5.99. The van der Waals surface area contributed by atoms with Gasteiger partial charge in [-0.15, -0.1) is 0 Å². The van der Waals surface area contributed by atoms with Crippen molar-refractivity contribution in [1.29, 1.82) is 0 Å². The van der Waals surface area contributed by atoms with E-state index in [0.29, 0.717) is 11.1 Å². The van der Waals surface area contributed by atoms with Crippen LogP contribution in [0, 0.1) is 24.4 Å². The highest BCUT2D eigenvalue weighted by Gasteiger charge is 2.16. The van der Waals surface area contributed by atoms with Gasteiger partial charge in [0.25, 0.3) is 5.91 Å². The lowest BCUT2D eigenvalue weighted by molar-refractivity contribution is 0.0783. The van der Waals surface area contributed by atoms with Crippen molar-refractivity contribution in [3.8, 4) is 0 Å². The molecule has 0 bridgehead atoms. The molecule has 2 rings (SSSR count). The minimum Gasteiger partial charge on any atom is -0.337 e. The summed E-state index contributed by atoms with van der Waals surface area (Å²) in [7, 11) is 1.51. The highest BCUT2D eigenvalue weighted by atomic mass is 19.1. The topological polar surface area (TPSA) is 20.3 Å². The Bertz CT molecular complexity index is 685. The Kier molecular flexibility index (Phi) is 4.31. The molecule has 0 aliphatic carbocycles. The molecule has 0 N–H and O–H groups in total. The normalized spacial score (nSPS) is 10.5. The van der Waals surface area contributed by atoms with Crippen LogP contribution in [-0.4, -0.2) is 17.9 Å². The molecule has 0 atom stereocenters. The molecule has 2 aromatic carbocycles. The molecule has 0 spiro atoms. The van der Waals surface area contributed by atoms with E-state index in [2.05, 4.69) is 0 Å². The number of hydrogen-bond acceptors (Lipinski definition) is 1. The molecule has 2 aromatic rings. The number of rotatable bonds is 3. The van der Waals surface area contributed by atoms with Crippen LogP contribution in [0.3, 0.4) is 0 Å². The van der Waals surface area contributed by atoms with Gasteiger partial charge in [0.2, 0.25) is 0 Å². The summed E-state index contributed by atoms with van der Waals surface area (Å²) >= 11 is 0. The molecular formula is C16H14F3NO. The van der Waals surface area contributed by atoms with Crippen LogP contribution in [0.15, 0.2) is 36.4 Å². The Morgan fingerprint density at radius 1 is 1.05 bits per heavy atom. The standard InChI is InChI=1S/C16H14F3NO/c1-10-7-12(17)5-6-14(10)16(21)20(2)9-11-3-4-13(18)8-15(11)19/h3-8H,9H2,1-2H3. The summed E-state index contributed by atoms with van der Waals surface area (Å²) in [5, 5.41) is 0. The first-order valence-electron chi connectivity index (χ1n) is 6.34. The van der Waals surface area contributed by atoms with Gasteiger partial charge in [0.1, 0.15) is 17.5 Å². The molecule has 0 unspecified atom stereocenters. The average Bonchev–Trinajstić information content (AvgIpc) is 2.41.